The summed E-state index contributed by atoms with van der Waals surface area (Å²) < 4.78 is 0. The van der Waals surface area contributed by atoms with Crippen LogP contribution >= 0.6 is 0 Å². The van der Waals surface area contributed by atoms with Gasteiger partial charge in [-0.25, -0.2) is 4.79 Å². The Morgan fingerprint density at radius 2 is 1.76 bits per heavy atom. The second-order valence-electron chi connectivity index (χ2n) is 6.69. The summed E-state index contributed by atoms with van der Waals surface area (Å²) in [5, 5.41) is 8.79. The van der Waals surface area contributed by atoms with E-state index in [4.69, 9.17) is 5.11 Å². The van der Waals surface area contributed by atoms with Crippen LogP contribution in [0.15, 0.2) is 0 Å². The molecule has 0 aliphatic carbocycles. The van der Waals surface area contributed by atoms with Crippen molar-refractivity contribution in [3.8, 4) is 0 Å². The van der Waals surface area contributed by atoms with Crippen LogP contribution in [0.3, 0.4) is 0 Å². The largest absolute Gasteiger partial charge is 0.481 e. The fraction of sp³-hybridized carbons (Fsp3) is 0.875. The van der Waals surface area contributed by atoms with Crippen molar-refractivity contribution in [3.05, 3.63) is 0 Å². The summed E-state index contributed by atoms with van der Waals surface area (Å²) >= 11 is 0. The minimum absolute atomic E-state index is 0.170. The van der Waals surface area contributed by atoms with E-state index < -0.39 is 5.97 Å². The molecule has 2 amide bonds. The van der Waals surface area contributed by atoms with E-state index in [9.17, 15) is 9.59 Å². The maximum absolute atomic E-state index is 12.6. The molecule has 21 heavy (non-hydrogen) atoms. The van der Waals surface area contributed by atoms with Crippen molar-refractivity contribution < 1.29 is 14.7 Å². The maximum atomic E-state index is 12.6. The minimum atomic E-state index is -0.736. The Hall–Kier alpha value is -1.26. The monoisotopic (exact) mass is 296 g/mol. The van der Waals surface area contributed by atoms with Crippen LogP contribution in [0, 0.1) is 11.8 Å². The van der Waals surface area contributed by atoms with Gasteiger partial charge >= 0.3 is 12.0 Å². The molecule has 5 heteroatoms. The van der Waals surface area contributed by atoms with Crippen LogP contribution in [0.5, 0.6) is 0 Å². The van der Waals surface area contributed by atoms with Gasteiger partial charge in [-0.05, 0) is 50.4 Å². The summed E-state index contributed by atoms with van der Waals surface area (Å²) in [7, 11) is 0. The highest BCUT2D eigenvalue weighted by molar-refractivity contribution is 5.74. The summed E-state index contributed by atoms with van der Waals surface area (Å²) in [5.74, 6) is 0.331. The molecule has 2 aliphatic rings. The Kier molecular flexibility index (Phi) is 5.88. The Balaban J connectivity index is 1.84. The first kappa shape index (κ1) is 16.1. The Morgan fingerprint density at radius 1 is 1.05 bits per heavy atom. The molecule has 0 aromatic heterocycles. The molecule has 120 valence electrons. The van der Waals surface area contributed by atoms with Crippen molar-refractivity contribution in [2.75, 3.05) is 26.2 Å². The second kappa shape index (κ2) is 7.66. The highest BCUT2D eigenvalue weighted by atomic mass is 16.4. The molecule has 2 unspecified atom stereocenters. The van der Waals surface area contributed by atoms with Crippen molar-refractivity contribution in [3.63, 3.8) is 0 Å². The lowest BCUT2D eigenvalue weighted by atomic mass is 9.93. The van der Waals surface area contributed by atoms with Gasteiger partial charge in [0.05, 0.1) is 0 Å². The number of piperidine rings is 1. The SMILES string of the molecule is CC1CCCN(C(=O)N2CCCC(CCC(=O)O)C2)CC1. The Morgan fingerprint density at radius 3 is 2.52 bits per heavy atom. The molecule has 2 rings (SSSR count). The zero-order valence-corrected chi connectivity index (χ0v) is 13.1. The lowest BCUT2D eigenvalue weighted by Gasteiger charge is -2.36. The number of carboxylic acids is 1. The van der Waals surface area contributed by atoms with E-state index in [0.29, 0.717) is 18.3 Å². The number of carbonyl (C=O) groups excluding carboxylic acids is 1. The zero-order chi connectivity index (χ0) is 15.2. The van der Waals surface area contributed by atoms with Crippen molar-refractivity contribution >= 4 is 12.0 Å². The topological polar surface area (TPSA) is 60.9 Å². The predicted octanol–water partition coefficient (Wildman–Crippen LogP) is 2.81. The second-order valence-corrected chi connectivity index (χ2v) is 6.69. The Labute approximate surface area is 127 Å². The number of carbonyl (C=O) groups is 2. The van der Waals surface area contributed by atoms with E-state index in [2.05, 4.69) is 6.92 Å². The third-order valence-corrected chi connectivity index (χ3v) is 4.84. The van der Waals surface area contributed by atoms with Crippen molar-refractivity contribution in [2.45, 2.75) is 51.9 Å². The molecule has 0 radical (unpaired) electrons. The zero-order valence-electron chi connectivity index (χ0n) is 13.1. The fourth-order valence-electron chi connectivity index (χ4n) is 3.46. The quantitative estimate of drug-likeness (QED) is 0.871. The third-order valence-electron chi connectivity index (χ3n) is 4.84. The predicted molar refractivity (Wildman–Crippen MR) is 81.2 cm³/mol. The molecule has 0 aromatic rings. The number of likely N-dealkylation sites (tertiary alicyclic amines) is 2. The summed E-state index contributed by atoms with van der Waals surface area (Å²) in [6, 6.07) is 0.170. The molecule has 0 saturated carbocycles. The van der Waals surface area contributed by atoms with E-state index in [1.807, 2.05) is 9.80 Å². The van der Waals surface area contributed by atoms with Crippen LogP contribution in [0.4, 0.5) is 4.79 Å². The van der Waals surface area contributed by atoms with Gasteiger partial charge in [-0.2, -0.15) is 0 Å². The van der Waals surface area contributed by atoms with Gasteiger partial charge < -0.3 is 14.9 Å². The summed E-state index contributed by atoms with van der Waals surface area (Å²) in [6.45, 7) is 5.57. The van der Waals surface area contributed by atoms with Crippen molar-refractivity contribution in [2.24, 2.45) is 11.8 Å². The number of urea groups is 1. The van der Waals surface area contributed by atoms with Crippen LogP contribution in [0.2, 0.25) is 0 Å². The summed E-state index contributed by atoms with van der Waals surface area (Å²) in [5.41, 5.74) is 0. The van der Waals surface area contributed by atoms with Crippen LogP contribution < -0.4 is 0 Å². The van der Waals surface area contributed by atoms with Crippen LogP contribution in [0.1, 0.15) is 51.9 Å². The van der Waals surface area contributed by atoms with Gasteiger partial charge in [-0.3, -0.25) is 4.79 Å². The van der Waals surface area contributed by atoms with Crippen LogP contribution in [0.25, 0.3) is 0 Å². The van der Waals surface area contributed by atoms with Gasteiger partial charge in [0.15, 0.2) is 0 Å². The molecule has 2 heterocycles. The van der Waals surface area contributed by atoms with Crippen molar-refractivity contribution in [1.29, 1.82) is 0 Å². The molecular weight excluding hydrogens is 268 g/mol. The lowest BCUT2D eigenvalue weighted by molar-refractivity contribution is -0.137. The Bertz CT molecular complexity index is 373. The van der Waals surface area contributed by atoms with E-state index in [-0.39, 0.29) is 12.5 Å². The van der Waals surface area contributed by atoms with Crippen LogP contribution in [-0.2, 0) is 4.79 Å². The average molecular weight is 296 g/mol. The molecule has 0 spiro atoms. The first-order valence-electron chi connectivity index (χ1n) is 8.32. The average Bonchev–Trinajstić information content (AvgIpc) is 2.69. The number of aliphatic carboxylic acids is 1. The molecule has 2 saturated heterocycles. The van der Waals surface area contributed by atoms with Crippen molar-refractivity contribution in [1.82, 2.24) is 9.80 Å². The van der Waals surface area contributed by atoms with E-state index in [0.717, 1.165) is 51.9 Å². The normalized spacial score (nSPS) is 27.3. The first-order chi connectivity index (χ1) is 10.1. The number of nitrogens with zero attached hydrogens (tertiary/aromatic N) is 2. The maximum Gasteiger partial charge on any atom is 0.320 e. The summed E-state index contributed by atoms with van der Waals surface area (Å²) in [6.07, 6.45) is 6.37. The number of carboxylic acid groups (broad SMARTS) is 1. The first-order valence-corrected chi connectivity index (χ1v) is 8.32. The highest BCUT2D eigenvalue weighted by Crippen LogP contribution is 2.23. The minimum Gasteiger partial charge on any atom is -0.481 e. The standard InChI is InChI=1S/C16H28N2O3/c1-13-4-2-9-17(11-8-13)16(21)18-10-3-5-14(12-18)6-7-15(19)20/h13-14H,2-12H2,1H3,(H,19,20). The van der Waals surface area contributed by atoms with Gasteiger partial charge in [-0.15, -0.1) is 0 Å². The molecule has 1 N–H and O–H groups in total. The number of hydrogen-bond donors (Lipinski definition) is 1. The molecule has 5 nitrogen and oxygen atoms in total. The van der Waals surface area contributed by atoms with E-state index >= 15 is 0 Å². The number of hydrogen-bond acceptors (Lipinski definition) is 2. The van der Waals surface area contributed by atoms with Gasteiger partial charge in [0.25, 0.3) is 0 Å². The molecule has 2 atom stereocenters. The van der Waals surface area contributed by atoms with Gasteiger partial charge in [0, 0.05) is 32.6 Å². The molecule has 0 aromatic carbocycles. The van der Waals surface area contributed by atoms with E-state index in [1.54, 1.807) is 0 Å². The molecular formula is C16H28N2O3. The number of rotatable bonds is 3. The highest BCUT2D eigenvalue weighted by Gasteiger charge is 2.28. The van der Waals surface area contributed by atoms with Gasteiger partial charge in [0.1, 0.15) is 0 Å². The molecule has 0 bridgehead atoms. The smallest absolute Gasteiger partial charge is 0.320 e. The van der Waals surface area contributed by atoms with Gasteiger partial charge in [-0.1, -0.05) is 6.92 Å². The molecule has 2 fully saturated rings. The number of amides is 2. The van der Waals surface area contributed by atoms with Gasteiger partial charge in [0.2, 0.25) is 0 Å². The molecule has 2 aliphatic heterocycles. The van der Waals surface area contributed by atoms with E-state index in [1.165, 1.54) is 6.42 Å². The lowest BCUT2D eigenvalue weighted by Crippen LogP contribution is -2.48. The fourth-order valence-corrected chi connectivity index (χ4v) is 3.46. The van der Waals surface area contributed by atoms with Crippen LogP contribution in [-0.4, -0.2) is 53.1 Å². The summed E-state index contributed by atoms with van der Waals surface area (Å²) in [4.78, 5) is 27.3. The third kappa shape index (κ3) is 4.90.